The number of nitrogens with zero attached hydrogens (tertiary/aromatic N) is 1. The zero-order valence-corrected chi connectivity index (χ0v) is 15.5. The normalized spacial score (nSPS) is 14.1. The van der Waals surface area contributed by atoms with Crippen molar-refractivity contribution in [2.75, 3.05) is 0 Å². The summed E-state index contributed by atoms with van der Waals surface area (Å²) in [6.45, 7) is 0.958. The number of nitrogens with two attached hydrogens (primary N) is 1. The number of benzene rings is 3. The first-order valence-electron chi connectivity index (χ1n) is 9.14. The Bertz CT molecular complexity index is 1190. The molecule has 4 aromatic rings. The molecular formula is C23H18ClN2O. The number of primary amides is 1. The molecule has 4 heteroatoms. The zero-order valence-electron chi connectivity index (χ0n) is 14.7. The van der Waals surface area contributed by atoms with Crippen molar-refractivity contribution < 1.29 is 4.79 Å². The maximum atomic E-state index is 12.0. The lowest BCUT2D eigenvalue weighted by atomic mass is 10.0. The van der Waals surface area contributed by atoms with Gasteiger partial charge in [0, 0.05) is 33.4 Å². The van der Waals surface area contributed by atoms with E-state index >= 15 is 0 Å². The second-order valence-electron chi connectivity index (χ2n) is 7.27. The molecule has 27 heavy (non-hydrogen) atoms. The molecule has 3 aromatic carbocycles. The summed E-state index contributed by atoms with van der Waals surface area (Å²) in [6, 6.07) is 21.2. The predicted molar refractivity (Wildman–Crippen MR) is 110 cm³/mol. The molecule has 2 N–H and O–H groups in total. The molecule has 0 saturated heterocycles. The number of hydrogen-bond acceptors (Lipinski definition) is 1. The number of fused-ring (bicyclic) bond motifs is 3. The van der Waals surface area contributed by atoms with Crippen LogP contribution in [0.5, 0.6) is 0 Å². The number of hydrogen-bond donors (Lipinski definition) is 1. The van der Waals surface area contributed by atoms with E-state index in [2.05, 4.69) is 22.8 Å². The molecule has 0 bridgehead atoms. The number of rotatable bonds is 4. The molecule has 0 unspecified atom stereocenters. The summed E-state index contributed by atoms with van der Waals surface area (Å²) in [5, 5.41) is 2.58. The SMILES string of the molecule is NC(=O)c1cccc2c1c1[c]cc(-c3ccc(Cl)cc3)cc1n2CC1CC1. The molecule has 3 nitrogen and oxygen atoms in total. The van der Waals surface area contributed by atoms with Gasteiger partial charge in [-0.25, -0.2) is 0 Å². The van der Waals surface area contributed by atoms with E-state index in [4.69, 9.17) is 17.3 Å². The Morgan fingerprint density at radius 3 is 2.59 bits per heavy atom. The van der Waals surface area contributed by atoms with Crippen LogP contribution in [0.3, 0.4) is 0 Å². The minimum absolute atomic E-state index is 0.402. The van der Waals surface area contributed by atoms with E-state index < -0.39 is 5.91 Å². The van der Waals surface area contributed by atoms with Crippen LogP contribution in [0.1, 0.15) is 23.2 Å². The summed E-state index contributed by atoms with van der Waals surface area (Å²) in [4.78, 5) is 12.0. The quantitative estimate of drug-likeness (QED) is 0.509. The minimum atomic E-state index is -0.402. The van der Waals surface area contributed by atoms with Crippen LogP contribution in [0.2, 0.25) is 5.02 Å². The Hall–Kier alpha value is -2.78. The zero-order chi connectivity index (χ0) is 18.5. The summed E-state index contributed by atoms with van der Waals surface area (Å²) in [7, 11) is 0. The highest BCUT2D eigenvalue weighted by atomic mass is 35.5. The van der Waals surface area contributed by atoms with Crippen molar-refractivity contribution in [3.8, 4) is 11.1 Å². The third kappa shape index (κ3) is 2.79. The first-order chi connectivity index (χ1) is 13.1. The van der Waals surface area contributed by atoms with Crippen LogP contribution in [0.15, 0.2) is 54.6 Å². The van der Waals surface area contributed by atoms with Crippen LogP contribution in [-0.2, 0) is 6.54 Å². The van der Waals surface area contributed by atoms with Crippen LogP contribution in [0, 0.1) is 12.0 Å². The summed E-state index contributed by atoms with van der Waals surface area (Å²) in [5.41, 5.74) is 10.5. The van der Waals surface area contributed by atoms with Crippen LogP contribution in [-0.4, -0.2) is 10.5 Å². The van der Waals surface area contributed by atoms with Gasteiger partial charge in [-0.15, -0.1) is 0 Å². The second-order valence-corrected chi connectivity index (χ2v) is 7.71. The van der Waals surface area contributed by atoms with E-state index in [1.165, 1.54) is 12.8 Å². The molecule has 1 fully saturated rings. The molecule has 1 aliphatic rings. The highest BCUT2D eigenvalue weighted by Gasteiger charge is 2.25. The van der Waals surface area contributed by atoms with Crippen molar-refractivity contribution in [1.82, 2.24) is 4.57 Å². The fraction of sp³-hybridized carbons (Fsp3) is 0.174. The maximum Gasteiger partial charge on any atom is 0.249 e. The van der Waals surface area contributed by atoms with Crippen molar-refractivity contribution in [3.63, 3.8) is 0 Å². The van der Waals surface area contributed by atoms with Crippen molar-refractivity contribution in [3.05, 3.63) is 71.2 Å². The van der Waals surface area contributed by atoms with Gasteiger partial charge in [0.2, 0.25) is 5.91 Å². The molecule has 0 aliphatic heterocycles. The van der Waals surface area contributed by atoms with Gasteiger partial charge in [0.05, 0.1) is 5.52 Å². The predicted octanol–water partition coefficient (Wildman–Crippen LogP) is 5.42. The van der Waals surface area contributed by atoms with Crippen LogP contribution >= 0.6 is 11.6 Å². The first-order valence-corrected chi connectivity index (χ1v) is 9.52. The first kappa shape index (κ1) is 16.4. The van der Waals surface area contributed by atoms with E-state index in [0.29, 0.717) is 11.5 Å². The lowest BCUT2D eigenvalue weighted by Crippen LogP contribution is -2.11. The van der Waals surface area contributed by atoms with Crippen molar-refractivity contribution in [1.29, 1.82) is 0 Å². The number of aromatic nitrogens is 1. The number of carbonyl (C=O) groups excluding carboxylic acids is 1. The topological polar surface area (TPSA) is 48.0 Å². The van der Waals surface area contributed by atoms with E-state index in [-0.39, 0.29) is 0 Å². The molecule has 1 amide bonds. The molecule has 1 aliphatic carbocycles. The van der Waals surface area contributed by atoms with Crippen LogP contribution in [0.25, 0.3) is 32.9 Å². The second kappa shape index (κ2) is 6.14. The smallest absolute Gasteiger partial charge is 0.249 e. The van der Waals surface area contributed by atoms with Gasteiger partial charge in [0.25, 0.3) is 0 Å². The molecule has 1 radical (unpaired) electrons. The van der Waals surface area contributed by atoms with Gasteiger partial charge in [-0.2, -0.15) is 0 Å². The fourth-order valence-corrected chi connectivity index (χ4v) is 3.95. The molecule has 0 atom stereocenters. The standard InChI is InChI=1S/C23H18ClN2O/c24-17-9-6-15(7-10-17)16-8-11-18-21(12-16)26(13-14-4-5-14)20-3-1-2-19(22(18)20)23(25)27/h1-3,6-10,12,14H,4-5,13H2,(H2,25,27). The number of amides is 1. The van der Waals surface area contributed by atoms with Gasteiger partial charge in [-0.3, -0.25) is 4.79 Å². The molecule has 5 rings (SSSR count). The molecule has 1 aromatic heterocycles. The van der Waals surface area contributed by atoms with E-state index in [1.807, 2.05) is 36.4 Å². The van der Waals surface area contributed by atoms with Gasteiger partial charge in [-0.1, -0.05) is 29.8 Å². The number of halogens is 1. The molecule has 0 spiro atoms. The van der Waals surface area contributed by atoms with E-state index in [1.54, 1.807) is 6.07 Å². The Balaban J connectivity index is 1.80. The Kier molecular flexibility index (Phi) is 3.73. The van der Waals surface area contributed by atoms with Gasteiger partial charge >= 0.3 is 0 Å². The largest absolute Gasteiger partial charge is 0.366 e. The highest BCUT2D eigenvalue weighted by molar-refractivity contribution is 6.30. The lowest BCUT2D eigenvalue weighted by Gasteiger charge is -2.08. The Morgan fingerprint density at radius 2 is 1.89 bits per heavy atom. The average Bonchev–Trinajstić information content (AvgIpc) is 3.44. The summed E-state index contributed by atoms with van der Waals surface area (Å²) >= 11 is 6.03. The van der Waals surface area contributed by atoms with Gasteiger partial charge < -0.3 is 10.3 Å². The maximum absolute atomic E-state index is 12.0. The van der Waals surface area contributed by atoms with Gasteiger partial charge in [0.15, 0.2) is 0 Å². The highest BCUT2D eigenvalue weighted by Crippen LogP contribution is 2.38. The lowest BCUT2D eigenvalue weighted by molar-refractivity contribution is 0.100. The monoisotopic (exact) mass is 373 g/mol. The Labute approximate surface area is 162 Å². The molecule has 133 valence electrons. The fourth-order valence-electron chi connectivity index (χ4n) is 3.83. The van der Waals surface area contributed by atoms with Crippen LogP contribution < -0.4 is 5.73 Å². The van der Waals surface area contributed by atoms with Crippen molar-refractivity contribution >= 4 is 39.3 Å². The molecule has 1 heterocycles. The van der Waals surface area contributed by atoms with Gasteiger partial charge in [-0.05, 0) is 72.4 Å². The third-order valence-electron chi connectivity index (χ3n) is 5.38. The number of carbonyl (C=O) groups is 1. The van der Waals surface area contributed by atoms with E-state index in [0.717, 1.165) is 44.5 Å². The van der Waals surface area contributed by atoms with E-state index in [9.17, 15) is 4.79 Å². The van der Waals surface area contributed by atoms with Crippen molar-refractivity contribution in [2.24, 2.45) is 11.7 Å². The Morgan fingerprint density at radius 1 is 1.11 bits per heavy atom. The molecular weight excluding hydrogens is 356 g/mol. The summed E-state index contributed by atoms with van der Waals surface area (Å²) < 4.78 is 2.32. The van der Waals surface area contributed by atoms with Gasteiger partial charge in [0.1, 0.15) is 0 Å². The minimum Gasteiger partial charge on any atom is -0.366 e. The van der Waals surface area contributed by atoms with Crippen molar-refractivity contribution in [2.45, 2.75) is 19.4 Å². The summed E-state index contributed by atoms with van der Waals surface area (Å²) in [5.74, 6) is 0.307. The summed E-state index contributed by atoms with van der Waals surface area (Å²) in [6.07, 6.45) is 2.52. The average molecular weight is 374 g/mol. The molecule has 1 saturated carbocycles. The third-order valence-corrected chi connectivity index (χ3v) is 5.63. The van der Waals surface area contributed by atoms with Crippen LogP contribution in [0.4, 0.5) is 0 Å².